The van der Waals surface area contributed by atoms with Gasteiger partial charge in [-0.3, -0.25) is 4.79 Å². The molecular weight excluding hydrogens is 552 g/mol. The van der Waals surface area contributed by atoms with Gasteiger partial charge in [0.05, 0.1) is 30.6 Å². The fourth-order valence-corrected chi connectivity index (χ4v) is 4.52. The van der Waals surface area contributed by atoms with Crippen molar-refractivity contribution in [3.05, 3.63) is 87.8 Å². The largest absolute Gasteiger partial charge is 0.490 e. The maximum absolute atomic E-state index is 12.6. The molecule has 9 nitrogen and oxygen atoms in total. The second-order valence-electron chi connectivity index (χ2n) is 8.43. The van der Waals surface area contributed by atoms with Crippen molar-refractivity contribution in [3.63, 3.8) is 0 Å². The van der Waals surface area contributed by atoms with E-state index in [1.165, 1.54) is 30.2 Å². The van der Waals surface area contributed by atoms with E-state index in [4.69, 9.17) is 21.1 Å². The molecule has 0 fully saturated rings. The number of methoxy groups -OCH3 is 1. The van der Waals surface area contributed by atoms with Gasteiger partial charge in [-0.15, -0.1) is 11.3 Å². The molecule has 1 amide bonds. The van der Waals surface area contributed by atoms with Crippen molar-refractivity contribution in [2.75, 3.05) is 25.6 Å². The first-order chi connectivity index (χ1) is 19.4. The minimum atomic E-state index is -0.550. The standard InChI is InChI=1S/C29H27ClN4O5S/c1-4-38-25-14-19(13-23(30)27(25)39-16-26(35)37-3)15-31-34-28(36)21-9-7-20(8-10-21)24-17-40-29(33-24)32-22-11-5-18(2)6-12-22/h5-15,17H,4,16H2,1-3H3,(H,32,33)(H,34,36)/b31-15-. The molecule has 0 saturated heterocycles. The van der Waals surface area contributed by atoms with Crippen molar-refractivity contribution in [1.82, 2.24) is 10.4 Å². The molecule has 0 saturated carbocycles. The van der Waals surface area contributed by atoms with Gasteiger partial charge in [0.1, 0.15) is 0 Å². The Morgan fingerprint density at radius 3 is 2.52 bits per heavy atom. The summed E-state index contributed by atoms with van der Waals surface area (Å²) >= 11 is 7.84. The number of anilines is 2. The van der Waals surface area contributed by atoms with E-state index in [0.29, 0.717) is 23.5 Å². The van der Waals surface area contributed by atoms with Gasteiger partial charge >= 0.3 is 5.97 Å². The van der Waals surface area contributed by atoms with Crippen molar-refractivity contribution >= 4 is 51.8 Å². The zero-order chi connectivity index (χ0) is 28.5. The molecule has 0 spiro atoms. The minimum Gasteiger partial charge on any atom is -0.490 e. The van der Waals surface area contributed by atoms with Crippen molar-refractivity contribution in [1.29, 1.82) is 0 Å². The van der Waals surface area contributed by atoms with Crippen LogP contribution >= 0.6 is 22.9 Å². The van der Waals surface area contributed by atoms with Gasteiger partial charge in [-0.25, -0.2) is 15.2 Å². The zero-order valence-corrected chi connectivity index (χ0v) is 23.6. The number of benzene rings is 3. The molecule has 4 rings (SSSR count). The Bertz CT molecular complexity index is 1500. The Balaban J connectivity index is 1.37. The van der Waals surface area contributed by atoms with Gasteiger partial charge in [0.25, 0.3) is 5.91 Å². The summed E-state index contributed by atoms with van der Waals surface area (Å²) in [5, 5.41) is 10.3. The minimum absolute atomic E-state index is 0.216. The number of hydrogen-bond donors (Lipinski definition) is 2. The van der Waals surface area contributed by atoms with Gasteiger partial charge in [0.2, 0.25) is 0 Å². The number of esters is 1. The number of amides is 1. The second kappa shape index (κ2) is 13.6. The van der Waals surface area contributed by atoms with E-state index in [-0.39, 0.29) is 23.3 Å². The monoisotopic (exact) mass is 578 g/mol. The van der Waals surface area contributed by atoms with E-state index >= 15 is 0 Å². The number of carbonyl (C=O) groups is 2. The summed E-state index contributed by atoms with van der Waals surface area (Å²) in [6.07, 6.45) is 1.43. The van der Waals surface area contributed by atoms with Crippen molar-refractivity contribution in [3.8, 4) is 22.8 Å². The number of carbonyl (C=O) groups excluding carboxylic acids is 2. The van der Waals surface area contributed by atoms with Crippen molar-refractivity contribution < 1.29 is 23.8 Å². The highest BCUT2D eigenvalue weighted by Gasteiger charge is 2.14. The van der Waals surface area contributed by atoms with Crippen LogP contribution in [0.1, 0.15) is 28.4 Å². The Kier molecular flexibility index (Phi) is 9.71. The lowest BCUT2D eigenvalue weighted by molar-refractivity contribution is -0.142. The van der Waals surface area contributed by atoms with Crippen LogP contribution in [0, 0.1) is 6.92 Å². The third-order valence-corrected chi connectivity index (χ3v) is 6.56. The Hall–Kier alpha value is -4.41. The Morgan fingerprint density at radius 1 is 1.07 bits per heavy atom. The first-order valence-corrected chi connectivity index (χ1v) is 13.5. The third kappa shape index (κ3) is 7.58. The van der Waals surface area contributed by atoms with E-state index < -0.39 is 5.97 Å². The van der Waals surface area contributed by atoms with Crippen LogP contribution in [0.25, 0.3) is 11.3 Å². The molecule has 206 valence electrons. The predicted molar refractivity (Wildman–Crippen MR) is 157 cm³/mol. The molecule has 0 aliphatic heterocycles. The molecule has 0 aliphatic carbocycles. The highest BCUT2D eigenvalue weighted by Crippen LogP contribution is 2.36. The van der Waals surface area contributed by atoms with E-state index in [2.05, 4.69) is 25.6 Å². The van der Waals surface area contributed by atoms with E-state index in [0.717, 1.165) is 22.1 Å². The summed E-state index contributed by atoms with van der Waals surface area (Å²) in [6, 6.07) is 18.4. The fourth-order valence-electron chi connectivity index (χ4n) is 3.50. The number of halogens is 1. The van der Waals surface area contributed by atoms with Gasteiger partial charge in [-0.1, -0.05) is 41.4 Å². The molecule has 0 atom stereocenters. The number of thiazole rings is 1. The number of nitrogens with zero attached hydrogens (tertiary/aromatic N) is 2. The molecule has 2 N–H and O–H groups in total. The Labute approximate surface area is 240 Å². The average Bonchev–Trinajstić information content (AvgIpc) is 3.42. The van der Waals surface area contributed by atoms with Gasteiger partial charge in [-0.05, 0) is 55.8 Å². The maximum atomic E-state index is 12.6. The van der Waals surface area contributed by atoms with Crippen molar-refractivity contribution in [2.45, 2.75) is 13.8 Å². The fraction of sp³-hybridized carbons (Fsp3) is 0.172. The molecule has 0 unspecified atom stereocenters. The molecule has 1 heterocycles. The SMILES string of the molecule is CCOc1cc(/C=N\NC(=O)c2ccc(-c3csc(Nc4ccc(C)cc4)n3)cc2)cc(Cl)c1OCC(=O)OC. The van der Waals surface area contributed by atoms with E-state index in [9.17, 15) is 9.59 Å². The molecular formula is C29H27ClN4O5S. The molecule has 40 heavy (non-hydrogen) atoms. The first kappa shape index (κ1) is 28.6. The lowest BCUT2D eigenvalue weighted by atomic mass is 10.1. The van der Waals surface area contributed by atoms with Crippen LogP contribution in [-0.2, 0) is 9.53 Å². The molecule has 4 aromatic rings. The van der Waals surface area contributed by atoms with Crippen LogP contribution in [0.15, 0.2) is 71.1 Å². The number of ether oxygens (including phenoxy) is 3. The van der Waals surface area contributed by atoms with Gasteiger partial charge in [0.15, 0.2) is 23.2 Å². The van der Waals surface area contributed by atoms with Crippen LogP contribution in [0.4, 0.5) is 10.8 Å². The van der Waals surface area contributed by atoms with Crippen LogP contribution in [0.2, 0.25) is 5.02 Å². The number of aryl methyl sites for hydroxylation is 1. The highest BCUT2D eigenvalue weighted by molar-refractivity contribution is 7.14. The molecule has 3 aromatic carbocycles. The summed E-state index contributed by atoms with van der Waals surface area (Å²) in [4.78, 5) is 28.7. The maximum Gasteiger partial charge on any atom is 0.343 e. The lowest BCUT2D eigenvalue weighted by Crippen LogP contribution is -2.17. The lowest BCUT2D eigenvalue weighted by Gasteiger charge is -2.13. The topological polar surface area (TPSA) is 111 Å². The number of rotatable bonds is 11. The quantitative estimate of drug-likeness (QED) is 0.123. The van der Waals surface area contributed by atoms with Gasteiger partial charge in [-0.2, -0.15) is 5.10 Å². The highest BCUT2D eigenvalue weighted by atomic mass is 35.5. The summed E-state index contributed by atoms with van der Waals surface area (Å²) in [5.41, 5.74) is 7.37. The summed E-state index contributed by atoms with van der Waals surface area (Å²) in [5.74, 6) is -0.377. The average molecular weight is 579 g/mol. The van der Waals surface area contributed by atoms with E-state index in [1.807, 2.05) is 48.7 Å². The number of hydrogen-bond acceptors (Lipinski definition) is 9. The Morgan fingerprint density at radius 2 is 1.82 bits per heavy atom. The second-order valence-corrected chi connectivity index (χ2v) is 9.70. The number of hydrazone groups is 1. The first-order valence-electron chi connectivity index (χ1n) is 12.2. The molecule has 0 radical (unpaired) electrons. The normalized spacial score (nSPS) is 10.8. The van der Waals surface area contributed by atoms with Gasteiger partial charge in [0, 0.05) is 22.2 Å². The van der Waals surface area contributed by atoms with E-state index in [1.54, 1.807) is 31.2 Å². The molecule has 1 aromatic heterocycles. The molecule has 0 bridgehead atoms. The van der Waals surface area contributed by atoms with Crippen LogP contribution < -0.4 is 20.2 Å². The number of aromatic nitrogens is 1. The summed E-state index contributed by atoms with van der Waals surface area (Å²) < 4.78 is 15.6. The van der Waals surface area contributed by atoms with Crippen LogP contribution in [0.3, 0.4) is 0 Å². The third-order valence-electron chi connectivity index (χ3n) is 5.52. The molecule has 0 aliphatic rings. The zero-order valence-electron chi connectivity index (χ0n) is 22.1. The predicted octanol–water partition coefficient (Wildman–Crippen LogP) is 6.23. The summed E-state index contributed by atoms with van der Waals surface area (Å²) in [7, 11) is 1.26. The van der Waals surface area contributed by atoms with Gasteiger partial charge < -0.3 is 19.5 Å². The molecule has 11 heteroatoms. The number of nitrogens with one attached hydrogen (secondary N) is 2. The van der Waals surface area contributed by atoms with Crippen LogP contribution in [-0.4, -0.2) is 43.4 Å². The van der Waals surface area contributed by atoms with Crippen LogP contribution in [0.5, 0.6) is 11.5 Å². The summed E-state index contributed by atoms with van der Waals surface area (Å²) in [6.45, 7) is 3.89. The van der Waals surface area contributed by atoms with Crippen molar-refractivity contribution in [2.24, 2.45) is 5.10 Å². The smallest absolute Gasteiger partial charge is 0.343 e.